The van der Waals surface area contributed by atoms with Gasteiger partial charge in [0.05, 0.1) is 7.11 Å². The maximum absolute atomic E-state index is 5.34. The molecule has 2 aromatic rings. The van der Waals surface area contributed by atoms with Crippen LogP contribution in [0.4, 0.5) is 0 Å². The summed E-state index contributed by atoms with van der Waals surface area (Å²) in [6.07, 6.45) is 2.10. The maximum atomic E-state index is 5.34. The molecule has 2 rings (SSSR count). The van der Waals surface area contributed by atoms with Crippen LogP contribution < -0.4 is 4.74 Å². The number of methoxy groups -OCH3 is 1. The van der Waals surface area contributed by atoms with Crippen LogP contribution in [0, 0.1) is 3.57 Å². The lowest BCUT2D eigenvalue weighted by Crippen LogP contribution is -1.82. The average Bonchev–Trinajstić information content (AvgIpc) is 2.59. The molecule has 0 radical (unpaired) electrons. The summed E-state index contributed by atoms with van der Waals surface area (Å²) in [4.78, 5) is 1.30. The summed E-state index contributed by atoms with van der Waals surface area (Å²) in [6.45, 7) is 0. The van der Waals surface area contributed by atoms with Crippen LogP contribution in [-0.4, -0.2) is 13.4 Å². The summed E-state index contributed by atoms with van der Waals surface area (Å²) >= 11 is 5.86. The van der Waals surface area contributed by atoms with Crippen molar-refractivity contribution in [2.45, 2.75) is 4.90 Å². The number of fused-ring (bicyclic) bond motifs is 1. The van der Waals surface area contributed by atoms with Gasteiger partial charge in [0.15, 0.2) is 0 Å². The van der Waals surface area contributed by atoms with Crippen LogP contribution in [-0.2, 0) is 0 Å². The van der Waals surface area contributed by atoms with Gasteiger partial charge >= 0.3 is 0 Å². The van der Waals surface area contributed by atoms with Gasteiger partial charge in [0.2, 0.25) is 0 Å². The Morgan fingerprint density at radius 2 is 2.21 bits per heavy atom. The largest absolute Gasteiger partial charge is 0.495 e. The number of ether oxygens (including phenoxy) is 1. The standard InChI is InChI=1S/C10H9IOS2/c1-12-7-5-14-9-4-6(11)3-8(13-2)10(7)9/h3-5H,1-2H3. The lowest BCUT2D eigenvalue weighted by molar-refractivity contribution is 0.421. The molecule has 1 aromatic carbocycles. The molecule has 0 amide bonds. The van der Waals surface area contributed by atoms with Gasteiger partial charge in [0, 0.05) is 23.9 Å². The van der Waals surface area contributed by atoms with Crippen LogP contribution in [0.2, 0.25) is 0 Å². The Morgan fingerprint density at radius 3 is 2.86 bits per heavy atom. The van der Waals surface area contributed by atoms with Gasteiger partial charge in [-0.15, -0.1) is 23.1 Å². The molecule has 0 aliphatic carbocycles. The van der Waals surface area contributed by atoms with E-state index in [2.05, 4.69) is 46.4 Å². The van der Waals surface area contributed by atoms with Crippen LogP contribution in [0.15, 0.2) is 22.4 Å². The van der Waals surface area contributed by atoms with E-state index in [4.69, 9.17) is 4.74 Å². The first-order valence-corrected chi connectivity index (χ1v) is 7.23. The highest BCUT2D eigenvalue weighted by molar-refractivity contribution is 14.1. The summed E-state index contributed by atoms with van der Waals surface area (Å²) < 4.78 is 7.93. The first kappa shape index (κ1) is 10.6. The van der Waals surface area contributed by atoms with Crippen LogP contribution in [0.3, 0.4) is 0 Å². The number of thioether (sulfide) groups is 1. The maximum Gasteiger partial charge on any atom is 0.138 e. The van der Waals surface area contributed by atoms with Crippen molar-refractivity contribution in [2.24, 2.45) is 0 Å². The zero-order valence-electron chi connectivity index (χ0n) is 7.83. The Labute approximate surface area is 105 Å². The fourth-order valence-electron chi connectivity index (χ4n) is 1.38. The molecule has 0 spiro atoms. The Balaban J connectivity index is 2.78. The molecule has 0 bridgehead atoms. The highest BCUT2D eigenvalue weighted by Crippen LogP contribution is 2.39. The van der Waals surface area contributed by atoms with Gasteiger partial charge in [-0.3, -0.25) is 0 Å². The Kier molecular flexibility index (Phi) is 3.23. The lowest BCUT2D eigenvalue weighted by Gasteiger charge is -2.03. The summed E-state index contributed by atoms with van der Waals surface area (Å²) in [5, 5.41) is 3.32. The van der Waals surface area contributed by atoms with Crippen LogP contribution in [0.25, 0.3) is 10.1 Å². The lowest BCUT2D eigenvalue weighted by atomic mass is 10.2. The molecular weight excluding hydrogens is 327 g/mol. The van der Waals surface area contributed by atoms with Gasteiger partial charge in [-0.1, -0.05) is 0 Å². The van der Waals surface area contributed by atoms with Gasteiger partial charge in [0.25, 0.3) is 0 Å². The third kappa shape index (κ3) is 1.75. The molecule has 0 aliphatic heterocycles. The normalized spacial score (nSPS) is 10.8. The van der Waals surface area contributed by atoms with E-state index in [-0.39, 0.29) is 0 Å². The molecule has 0 N–H and O–H groups in total. The van der Waals surface area contributed by atoms with Gasteiger partial charge in [0.1, 0.15) is 5.75 Å². The molecule has 1 nitrogen and oxygen atoms in total. The number of halogens is 1. The van der Waals surface area contributed by atoms with Gasteiger partial charge < -0.3 is 4.74 Å². The topological polar surface area (TPSA) is 9.23 Å². The van der Waals surface area contributed by atoms with E-state index in [0.29, 0.717) is 0 Å². The minimum Gasteiger partial charge on any atom is -0.495 e. The van der Waals surface area contributed by atoms with E-state index < -0.39 is 0 Å². The Hall–Kier alpha value is 0.0600. The second kappa shape index (κ2) is 4.28. The number of hydrogen-bond acceptors (Lipinski definition) is 3. The van der Waals surface area contributed by atoms with E-state index in [1.54, 1.807) is 30.2 Å². The van der Waals surface area contributed by atoms with Crippen molar-refractivity contribution < 1.29 is 4.74 Å². The predicted octanol–water partition coefficient (Wildman–Crippen LogP) is 4.24. The van der Waals surface area contributed by atoms with E-state index in [0.717, 1.165) is 5.75 Å². The summed E-state index contributed by atoms with van der Waals surface area (Å²) in [7, 11) is 1.73. The fourth-order valence-corrected chi connectivity index (χ4v) is 4.12. The van der Waals surface area contributed by atoms with E-state index in [1.807, 2.05) is 0 Å². The van der Waals surface area contributed by atoms with E-state index in [9.17, 15) is 0 Å². The number of hydrogen-bond donors (Lipinski definition) is 0. The van der Waals surface area contributed by atoms with Crippen LogP contribution in [0.5, 0.6) is 5.75 Å². The Morgan fingerprint density at radius 1 is 1.43 bits per heavy atom. The minimum absolute atomic E-state index is 0.991. The van der Waals surface area contributed by atoms with Crippen molar-refractivity contribution in [1.82, 2.24) is 0 Å². The van der Waals surface area contributed by atoms with Crippen LogP contribution in [0.1, 0.15) is 0 Å². The molecule has 0 fully saturated rings. The molecule has 14 heavy (non-hydrogen) atoms. The van der Waals surface area contributed by atoms with Crippen molar-refractivity contribution in [3.05, 3.63) is 21.1 Å². The Bertz CT molecular complexity index is 464. The molecule has 0 atom stereocenters. The molecule has 0 unspecified atom stereocenters. The summed E-state index contributed by atoms with van der Waals surface area (Å²) in [5.41, 5.74) is 0. The summed E-state index contributed by atoms with van der Waals surface area (Å²) in [6, 6.07) is 4.39. The first-order valence-electron chi connectivity index (χ1n) is 4.05. The second-order valence-electron chi connectivity index (χ2n) is 2.79. The molecular formula is C10H9IOS2. The first-order chi connectivity index (χ1) is 6.76. The second-order valence-corrected chi connectivity index (χ2v) is 5.79. The SMILES string of the molecule is COc1csc2cc(I)cc(SC)c12. The van der Waals surface area contributed by atoms with E-state index in [1.165, 1.54) is 18.6 Å². The third-order valence-corrected chi connectivity index (χ3v) is 4.30. The van der Waals surface area contributed by atoms with E-state index >= 15 is 0 Å². The average molecular weight is 336 g/mol. The van der Waals surface area contributed by atoms with Gasteiger partial charge in [-0.05, 0) is 41.0 Å². The summed E-state index contributed by atoms with van der Waals surface area (Å²) in [5.74, 6) is 0.991. The highest BCUT2D eigenvalue weighted by atomic mass is 127. The van der Waals surface area contributed by atoms with Crippen molar-refractivity contribution in [1.29, 1.82) is 0 Å². The molecule has 4 heteroatoms. The van der Waals surface area contributed by atoms with Gasteiger partial charge in [-0.25, -0.2) is 0 Å². The number of thiophene rings is 1. The van der Waals surface area contributed by atoms with Crippen molar-refractivity contribution >= 4 is 55.8 Å². The van der Waals surface area contributed by atoms with Crippen LogP contribution >= 0.6 is 45.7 Å². The number of benzene rings is 1. The molecule has 1 heterocycles. The molecule has 0 saturated carbocycles. The molecule has 1 aromatic heterocycles. The van der Waals surface area contributed by atoms with Crippen molar-refractivity contribution in [3.63, 3.8) is 0 Å². The fraction of sp³-hybridized carbons (Fsp3) is 0.200. The van der Waals surface area contributed by atoms with Crippen molar-refractivity contribution in [2.75, 3.05) is 13.4 Å². The number of rotatable bonds is 2. The van der Waals surface area contributed by atoms with Gasteiger partial charge in [-0.2, -0.15) is 0 Å². The van der Waals surface area contributed by atoms with Crippen molar-refractivity contribution in [3.8, 4) is 5.75 Å². The zero-order chi connectivity index (χ0) is 10.1. The molecule has 74 valence electrons. The minimum atomic E-state index is 0.991. The molecule has 0 saturated heterocycles. The zero-order valence-corrected chi connectivity index (χ0v) is 11.6. The predicted molar refractivity (Wildman–Crippen MR) is 72.9 cm³/mol. The highest BCUT2D eigenvalue weighted by Gasteiger charge is 2.09. The smallest absolute Gasteiger partial charge is 0.138 e. The third-order valence-electron chi connectivity index (χ3n) is 2.01. The molecule has 0 aliphatic rings. The monoisotopic (exact) mass is 336 g/mol. The quantitative estimate of drug-likeness (QED) is 0.599.